The molecule has 1 aliphatic heterocycles. The molecule has 0 fully saturated rings. The van der Waals surface area contributed by atoms with Gasteiger partial charge in [-0.25, -0.2) is 14.7 Å². The Hall–Kier alpha value is -1.49. The standard InChI is InChI=1S/C21H31NO3S/c1-13-9-14(2)17(15(3)10-13)16-11-21(7,8)22-18(16)24-25-19(23)26-12-20(4,5)6/h9-10,16H,11-12H2,1-8H3. The monoisotopic (exact) mass is 377 g/mol. The fourth-order valence-corrected chi connectivity index (χ4v) is 4.06. The molecular weight excluding hydrogens is 346 g/mol. The first-order valence-electron chi connectivity index (χ1n) is 9.07. The summed E-state index contributed by atoms with van der Waals surface area (Å²) in [6.45, 7) is 16.7. The van der Waals surface area contributed by atoms with Gasteiger partial charge in [0.15, 0.2) is 0 Å². The van der Waals surface area contributed by atoms with Gasteiger partial charge in [0, 0.05) is 5.75 Å². The number of aryl methyl sites for hydroxylation is 3. The smallest absolute Gasteiger partial charge is 0.270 e. The van der Waals surface area contributed by atoms with E-state index in [1.165, 1.54) is 22.3 Å². The molecule has 26 heavy (non-hydrogen) atoms. The maximum Gasteiger partial charge on any atom is 0.413 e. The minimum Gasteiger partial charge on any atom is -0.270 e. The lowest BCUT2D eigenvalue weighted by Gasteiger charge is -2.20. The molecular formula is C21H31NO3S. The van der Waals surface area contributed by atoms with Crippen molar-refractivity contribution in [2.75, 3.05) is 5.75 Å². The van der Waals surface area contributed by atoms with Crippen molar-refractivity contribution in [2.45, 2.75) is 73.3 Å². The van der Waals surface area contributed by atoms with Gasteiger partial charge in [0.25, 0.3) is 0 Å². The summed E-state index contributed by atoms with van der Waals surface area (Å²) in [5, 5.41) is -0.427. The van der Waals surface area contributed by atoms with Crippen molar-refractivity contribution >= 4 is 23.0 Å². The highest BCUT2D eigenvalue weighted by atomic mass is 32.2. The number of carbonyl (C=O) groups is 1. The first-order chi connectivity index (χ1) is 11.9. The molecule has 2 rings (SSSR count). The molecule has 1 aromatic rings. The lowest BCUT2D eigenvalue weighted by atomic mass is 9.84. The number of carbonyl (C=O) groups excluding carboxylic acids is 1. The number of rotatable bonds is 2. The fraction of sp³-hybridized carbons (Fsp3) is 0.619. The van der Waals surface area contributed by atoms with E-state index in [-0.39, 0.29) is 16.9 Å². The average molecular weight is 378 g/mol. The zero-order valence-corrected chi connectivity index (χ0v) is 18.0. The Morgan fingerprint density at radius 2 is 1.81 bits per heavy atom. The third-order valence-electron chi connectivity index (χ3n) is 4.32. The minimum absolute atomic E-state index is 0.00557. The number of benzene rings is 1. The van der Waals surface area contributed by atoms with Gasteiger partial charge in [-0.15, -0.1) is 0 Å². The predicted octanol–water partition coefficient (Wildman–Crippen LogP) is 6.12. The molecule has 0 saturated carbocycles. The normalized spacial score (nSPS) is 19.2. The number of thioether (sulfide) groups is 1. The van der Waals surface area contributed by atoms with Crippen LogP contribution in [0.15, 0.2) is 17.1 Å². The van der Waals surface area contributed by atoms with Gasteiger partial charge in [-0.3, -0.25) is 4.89 Å². The molecule has 1 aliphatic rings. The van der Waals surface area contributed by atoms with E-state index >= 15 is 0 Å². The number of nitrogens with zero attached hydrogens (tertiary/aromatic N) is 1. The van der Waals surface area contributed by atoms with E-state index in [1.807, 2.05) is 0 Å². The Labute approximate surface area is 161 Å². The highest BCUT2D eigenvalue weighted by Gasteiger charge is 2.39. The van der Waals surface area contributed by atoms with Crippen LogP contribution >= 0.6 is 11.8 Å². The molecule has 4 nitrogen and oxygen atoms in total. The number of hydrogen-bond donors (Lipinski definition) is 0. The van der Waals surface area contributed by atoms with Crippen LogP contribution in [-0.4, -0.2) is 22.5 Å². The van der Waals surface area contributed by atoms with Crippen molar-refractivity contribution < 1.29 is 14.6 Å². The van der Waals surface area contributed by atoms with Crippen molar-refractivity contribution in [3.05, 3.63) is 34.4 Å². The topological polar surface area (TPSA) is 47.9 Å². The quantitative estimate of drug-likeness (QED) is 0.460. The molecule has 5 heteroatoms. The van der Waals surface area contributed by atoms with Gasteiger partial charge in [0.1, 0.15) is 0 Å². The van der Waals surface area contributed by atoms with Crippen molar-refractivity contribution in [2.24, 2.45) is 10.4 Å². The van der Waals surface area contributed by atoms with Crippen molar-refractivity contribution in [3.63, 3.8) is 0 Å². The van der Waals surface area contributed by atoms with E-state index in [0.717, 1.165) is 18.2 Å². The van der Waals surface area contributed by atoms with Gasteiger partial charge in [0.2, 0.25) is 5.90 Å². The Bertz CT molecular complexity index is 693. The number of aliphatic imine (C=N–C) groups is 1. The van der Waals surface area contributed by atoms with E-state index in [2.05, 4.69) is 72.5 Å². The second-order valence-corrected chi connectivity index (χ2v) is 10.0. The summed E-state index contributed by atoms with van der Waals surface area (Å²) < 4.78 is 0. The lowest BCUT2D eigenvalue weighted by Crippen LogP contribution is -2.18. The molecule has 0 spiro atoms. The van der Waals surface area contributed by atoms with Gasteiger partial charge >= 0.3 is 5.30 Å². The largest absolute Gasteiger partial charge is 0.413 e. The van der Waals surface area contributed by atoms with E-state index in [1.54, 1.807) is 0 Å². The van der Waals surface area contributed by atoms with Gasteiger partial charge < -0.3 is 0 Å². The average Bonchev–Trinajstić information content (AvgIpc) is 2.76. The van der Waals surface area contributed by atoms with Crippen LogP contribution in [0, 0.1) is 26.2 Å². The van der Waals surface area contributed by atoms with Gasteiger partial charge in [0.05, 0.1) is 11.5 Å². The van der Waals surface area contributed by atoms with Crippen LogP contribution in [0.1, 0.15) is 69.2 Å². The Balaban J connectivity index is 2.14. The van der Waals surface area contributed by atoms with Crippen molar-refractivity contribution in [3.8, 4) is 0 Å². The molecule has 0 aromatic heterocycles. The van der Waals surface area contributed by atoms with Crippen LogP contribution in [0.2, 0.25) is 0 Å². The molecule has 1 atom stereocenters. The molecule has 0 N–H and O–H groups in total. The predicted molar refractivity (Wildman–Crippen MR) is 109 cm³/mol. The molecule has 0 aliphatic carbocycles. The summed E-state index contributed by atoms with van der Waals surface area (Å²) in [5.41, 5.74) is 4.71. The molecule has 0 saturated heterocycles. The summed E-state index contributed by atoms with van der Waals surface area (Å²) in [7, 11) is 0. The van der Waals surface area contributed by atoms with Crippen molar-refractivity contribution in [1.82, 2.24) is 0 Å². The summed E-state index contributed by atoms with van der Waals surface area (Å²) >= 11 is 1.13. The van der Waals surface area contributed by atoms with E-state index in [0.29, 0.717) is 11.7 Å². The third-order valence-corrected chi connectivity index (χ3v) is 5.63. The maximum absolute atomic E-state index is 12.0. The van der Waals surface area contributed by atoms with Gasteiger partial charge in [-0.05, 0) is 74.9 Å². The zero-order chi connectivity index (χ0) is 19.7. The van der Waals surface area contributed by atoms with Crippen LogP contribution in [0.5, 0.6) is 0 Å². The molecule has 1 aromatic carbocycles. The first kappa shape index (κ1) is 20.8. The molecule has 144 valence electrons. The van der Waals surface area contributed by atoms with Crippen molar-refractivity contribution in [1.29, 1.82) is 0 Å². The Morgan fingerprint density at radius 3 is 2.35 bits per heavy atom. The van der Waals surface area contributed by atoms with E-state index in [9.17, 15) is 4.79 Å². The second kappa shape index (κ2) is 7.63. The molecule has 0 radical (unpaired) electrons. The Kier molecular flexibility index (Phi) is 6.11. The maximum atomic E-state index is 12.0. The van der Waals surface area contributed by atoms with Crippen LogP contribution in [-0.2, 0) is 9.78 Å². The van der Waals surface area contributed by atoms with Gasteiger partial charge in [-0.1, -0.05) is 38.5 Å². The highest BCUT2D eigenvalue weighted by Crippen LogP contribution is 2.40. The number of hydrogen-bond acceptors (Lipinski definition) is 5. The summed E-state index contributed by atoms with van der Waals surface area (Å²) in [5.74, 6) is 1.17. The second-order valence-electron chi connectivity index (χ2n) is 9.10. The Morgan fingerprint density at radius 1 is 1.23 bits per heavy atom. The van der Waals surface area contributed by atoms with E-state index < -0.39 is 5.30 Å². The zero-order valence-electron chi connectivity index (χ0n) is 17.2. The minimum atomic E-state index is -0.427. The molecule has 1 heterocycles. The SMILES string of the molecule is Cc1cc(C)c(C2CC(C)(C)N=C2OOC(=O)SCC(C)(C)C)c(C)c1. The molecule has 1 unspecified atom stereocenters. The van der Waals surface area contributed by atoms with E-state index in [4.69, 9.17) is 9.78 Å². The summed E-state index contributed by atoms with van der Waals surface area (Å²) in [4.78, 5) is 27.2. The highest BCUT2D eigenvalue weighted by molar-refractivity contribution is 8.13. The third kappa shape index (κ3) is 5.50. The lowest BCUT2D eigenvalue weighted by molar-refractivity contribution is -0.149. The van der Waals surface area contributed by atoms with Crippen LogP contribution in [0.3, 0.4) is 0 Å². The van der Waals surface area contributed by atoms with Crippen LogP contribution < -0.4 is 0 Å². The van der Waals surface area contributed by atoms with Crippen LogP contribution in [0.4, 0.5) is 4.79 Å². The molecule has 0 bridgehead atoms. The van der Waals surface area contributed by atoms with Crippen LogP contribution in [0.25, 0.3) is 0 Å². The molecule has 0 amide bonds. The first-order valence-corrected chi connectivity index (χ1v) is 10.1. The van der Waals surface area contributed by atoms with Gasteiger partial charge in [-0.2, -0.15) is 0 Å². The fourth-order valence-electron chi connectivity index (χ4n) is 3.43. The summed E-state index contributed by atoms with van der Waals surface area (Å²) in [6.07, 6.45) is 0.833. The summed E-state index contributed by atoms with van der Waals surface area (Å²) in [6, 6.07) is 4.35.